The van der Waals surface area contributed by atoms with Crippen LogP contribution in [0.1, 0.15) is 59.9 Å². The first-order chi connectivity index (χ1) is 21.6. The molecule has 5 rings (SSSR count). The van der Waals surface area contributed by atoms with Crippen molar-refractivity contribution in [3.8, 4) is 0 Å². The highest BCUT2D eigenvalue weighted by molar-refractivity contribution is 6.99. The van der Waals surface area contributed by atoms with Gasteiger partial charge >= 0.3 is 5.97 Å². The molecule has 0 unspecified atom stereocenters. The second-order valence-electron chi connectivity index (χ2n) is 14.2. The third-order valence-electron chi connectivity index (χ3n) is 11.1. The van der Waals surface area contributed by atoms with Crippen molar-refractivity contribution in [2.75, 3.05) is 13.7 Å². The minimum Gasteiger partial charge on any atom is -0.469 e. The van der Waals surface area contributed by atoms with E-state index in [0.29, 0.717) is 25.0 Å². The lowest BCUT2D eigenvalue weighted by atomic mass is 9.56. The zero-order valence-corrected chi connectivity index (χ0v) is 29.2. The molecule has 0 aromatic heterocycles. The fourth-order valence-corrected chi connectivity index (χ4v) is 13.5. The molecule has 3 aromatic carbocycles. The Labute approximate surface area is 272 Å². The van der Waals surface area contributed by atoms with Crippen molar-refractivity contribution in [3.63, 3.8) is 0 Å². The van der Waals surface area contributed by atoms with Crippen LogP contribution in [0.3, 0.4) is 0 Å². The molecule has 0 radical (unpaired) electrons. The predicted molar refractivity (Wildman–Crippen MR) is 186 cm³/mol. The van der Waals surface area contributed by atoms with Gasteiger partial charge in [0.2, 0.25) is 0 Å². The fourth-order valence-electron chi connectivity index (χ4n) is 8.89. The van der Waals surface area contributed by atoms with Gasteiger partial charge in [-0.2, -0.15) is 0 Å². The SMILES string of the molecule is CC[C@H]1[C@H](OCc2ccccc2)[C@H](C)[C@@H]2C=C[C@H](C(=O)OC)[C@@](CC)(CO[Si](c3ccccc3)(c3ccccc3)C(C)(C)C)[C@@H]21. The topological polar surface area (TPSA) is 44.8 Å². The van der Waals surface area contributed by atoms with Gasteiger partial charge in [-0.1, -0.05) is 151 Å². The Bertz CT molecular complexity index is 1380. The van der Waals surface area contributed by atoms with Crippen LogP contribution in [-0.4, -0.2) is 34.1 Å². The first-order valence-corrected chi connectivity index (χ1v) is 18.7. The van der Waals surface area contributed by atoms with Gasteiger partial charge in [-0.3, -0.25) is 4.79 Å². The van der Waals surface area contributed by atoms with Crippen LogP contribution in [0.15, 0.2) is 103 Å². The van der Waals surface area contributed by atoms with E-state index in [2.05, 4.69) is 139 Å². The fraction of sp³-hybridized carbons (Fsp3) is 0.475. The van der Waals surface area contributed by atoms with Gasteiger partial charge in [0.15, 0.2) is 0 Å². The number of hydrogen-bond donors (Lipinski definition) is 0. The van der Waals surface area contributed by atoms with Crippen LogP contribution < -0.4 is 10.4 Å². The molecule has 0 saturated heterocycles. The highest BCUT2D eigenvalue weighted by atomic mass is 28.4. The van der Waals surface area contributed by atoms with Crippen LogP contribution in [-0.2, 0) is 25.3 Å². The van der Waals surface area contributed by atoms with Gasteiger partial charge in [0.1, 0.15) is 0 Å². The van der Waals surface area contributed by atoms with Gasteiger partial charge in [-0.15, -0.1) is 0 Å². The van der Waals surface area contributed by atoms with Crippen molar-refractivity contribution in [2.45, 2.75) is 72.1 Å². The van der Waals surface area contributed by atoms with E-state index in [1.807, 2.05) is 6.07 Å². The Hall–Kier alpha value is -2.99. The summed E-state index contributed by atoms with van der Waals surface area (Å²) in [6.07, 6.45) is 6.33. The molecule has 2 aliphatic rings. The monoisotopic (exact) mass is 624 g/mol. The van der Waals surface area contributed by atoms with Gasteiger partial charge < -0.3 is 13.9 Å². The number of benzene rings is 3. The van der Waals surface area contributed by atoms with Gasteiger partial charge in [0.25, 0.3) is 8.32 Å². The quantitative estimate of drug-likeness (QED) is 0.124. The third-order valence-corrected chi connectivity index (χ3v) is 16.1. The van der Waals surface area contributed by atoms with E-state index >= 15 is 0 Å². The summed E-state index contributed by atoms with van der Waals surface area (Å²) in [5.41, 5.74) is 0.744. The van der Waals surface area contributed by atoms with E-state index < -0.39 is 13.7 Å². The Balaban J connectivity index is 1.60. The Morgan fingerprint density at radius 3 is 1.89 bits per heavy atom. The normalized spacial score (nSPS) is 28.1. The molecule has 240 valence electrons. The largest absolute Gasteiger partial charge is 0.469 e. The van der Waals surface area contributed by atoms with Crippen molar-refractivity contribution < 1.29 is 18.7 Å². The average molecular weight is 625 g/mol. The molecule has 2 aliphatic carbocycles. The molecule has 0 aliphatic heterocycles. The highest BCUT2D eigenvalue weighted by Gasteiger charge is 2.62. The molecule has 7 atom stereocenters. The minimum absolute atomic E-state index is 0.0880. The van der Waals surface area contributed by atoms with Crippen molar-refractivity contribution in [2.24, 2.45) is 35.0 Å². The summed E-state index contributed by atoms with van der Waals surface area (Å²) in [5.74, 6) is 0.551. The molecule has 0 N–H and O–H groups in total. The predicted octanol–water partition coefficient (Wildman–Crippen LogP) is 7.81. The van der Waals surface area contributed by atoms with Crippen LogP contribution in [0, 0.1) is 35.0 Å². The number of carbonyl (C=O) groups is 1. The number of fused-ring (bicyclic) bond motifs is 1. The summed E-state index contributed by atoms with van der Waals surface area (Å²) < 4.78 is 20.0. The number of ether oxygens (including phenoxy) is 2. The van der Waals surface area contributed by atoms with E-state index in [1.54, 1.807) is 0 Å². The highest BCUT2D eigenvalue weighted by Crippen LogP contribution is 2.60. The summed E-state index contributed by atoms with van der Waals surface area (Å²) >= 11 is 0. The lowest BCUT2D eigenvalue weighted by molar-refractivity contribution is -0.154. The molecule has 5 heteroatoms. The van der Waals surface area contributed by atoms with Crippen LogP contribution in [0.2, 0.25) is 5.04 Å². The van der Waals surface area contributed by atoms with E-state index in [-0.39, 0.29) is 34.9 Å². The molecule has 0 heterocycles. The summed E-state index contributed by atoms with van der Waals surface area (Å²) in [5, 5.41) is 2.34. The molecule has 1 saturated carbocycles. The van der Waals surface area contributed by atoms with Gasteiger partial charge in [-0.05, 0) is 51.1 Å². The van der Waals surface area contributed by atoms with Crippen LogP contribution >= 0.6 is 0 Å². The van der Waals surface area contributed by atoms with Crippen molar-refractivity contribution in [1.82, 2.24) is 0 Å². The van der Waals surface area contributed by atoms with Crippen molar-refractivity contribution >= 4 is 24.7 Å². The van der Waals surface area contributed by atoms with Crippen LogP contribution in [0.5, 0.6) is 0 Å². The number of allylic oxidation sites excluding steroid dienone is 1. The molecule has 45 heavy (non-hydrogen) atoms. The number of hydrogen-bond acceptors (Lipinski definition) is 4. The lowest BCUT2D eigenvalue weighted by Gasteiger charge is -2.52. The van der Waals surface area contributed by atoms with E-state index in [1.165, 1.54) is 23.0 Å². The second kappa shape index (κ2) is 13.8. The first kappa shape index (κ1) is 33.4. The minimum atomic E-state index is -2.85. The Kier molecular flexibility index (Phi) is 10.2. The van der Waals surface area contributed by atoms with Crippen LogP contribution in [0.4, 0.5) is 0 Å². The standard InChI is InChI=1S/C40H52O4Si/c1-8-33-36-34(29(3)37(33)43-27-30-19-13-10-14-20-30)25-26-35(38(41)42-7)40(36,9-2)28-44-45(39(4,5)6,31-21-15-11-16-22-31)32-23-17-12-18-24-32/h10-26,29,33-37H,8-9,27-28H2,1-7H3/t29-,33-,34+,35-,36-,37-,40-/m1/s1. The molecule has 0 bridgehead atoms. The number of methoxy groups -OCH3 is 1. The number of rotatable bonds is 11. The first-order valence-electron chi connectivity index (χ1n) is 16.8. The molecular formula is C40H52O4Si. The molecule has 3 aromatic rings. The van der Waals surface area contributed by atoms with Crippen molar-refractivity contribution in [1.29, 1.82) is 0 Å². The molecule has 0 spiro atoms. The third kappa shape index (κ3) is 6.00. The Morgan fingerprint density at radius 2 is 1.40 bits per heavy atom. The lowest BCUT2D eigenvalue weighted by Crippen LogP contribution is -2.68. The van der Waals surface area contributed by atoms with Crippen LogP contribution in [0.25, 0.3) is 0 Å². The summed E-state index contributed by atoms with van der Waals surface area (Å²) in [4.78, 5) is 13.7. The van der Waals surface area contributed by atoms with E-state index in [4.69, 9.17) is 13.9 Å². The molecule has 0 amide bonds. The van der Waals surface area contributed by atoms with Gasteiger partial charge in [0, 0.05) is 12.0 Å². The average Bonchev–Trinajstić information content (AvgIpc) is 3.35. The second-order valence-corrected chi connectivity index (χ2v) is 18.5. The maximum Gasteiger partial charge on any atom is 0.313 e. The maximum absolute atomic E-state index is 13.7. The van der Waals surface area contributed by atoms with Crippen molar-refractivity contribution in [3.05, 3.63) is 109 Å². The smallest absolute Gasteiger partial charge is 0.313 e. The van der Waals surface area contributed by atoms with Gasteiger partial charge in [0.05, 0.1) is 25.7 Å². The molecule has 4 nitrogen and oxygen atoms in total. The van der Waals surface area contributed by atoms with E-state index in [9.17, 15) is 4.79 Å². The van der Waals surface area contributed by atoms with Gasteiger partial charge in [-0.25, -0.2) is 0 Å². The number of esters is 1. The Morgan fingerprint density at radius 1 is 0.844 bits per heavy atom. The number of carbonyl (C=O) groups excluding carboxylic acids is 1. The summed E-state index contributed by atoms with van der Waals surface area (Å²) in [6, 6.07) is 32.1. The summed E-state index contributed by atoms with van der Waals surface area (Å²) in [7, 11) is -1.33. The zero-order valence-electron chi connectivity index (χ0n) is 28.2. The zero-order chi connectivity index (χ0) is 32.2. The summed E-state index contributed by atoms with van der Waals surface area (Å²) in [6.45, 7) is 14.9. The molecular weight excluding hydrogens is 573 g/mol. The molecule has 1 fully saturated rings. The maximum atomic E-state index is 13.7. The van der Waals surface area contributed by atoms with E-state index in [0.717, 1.165) is 12.8 Å².